The summed E-state index contributed by atoms with van der Waals surface area (Å²) < 4.78 is 1.18. The van der Waals surface area contributed by atoms with E-state index in [1.54, 1.807) is 0 Å². The van der Waals surface area contributed by atoms with Gasteiger partial charge in [0.1, 0.15) is 6.48 Å². The summed E-state index contributed by atoms with van der Waals surface area (Å²) in [5, 5.41) is 0. The van der Waals surface area contributed by atoms with Crippen LogP contribution < -0.4 is 4.39 Å². The smallest absolute Gasteiger partial charge is 0.141 e. The van der Waals surface area contributed by atoms with Crippen LogP contribution >= 0.6 is 0 Å². The van der Waals surface area contributed by atoms with E-state index >= 15 is 0 Å². The fourth-order valence-corrected chi connectivity index (χ4v) is 2.15. The molecule has 2 heteroatoms. The quantitative estimate of drug-likeness (QED) is 0.661. The van der Waals surface area contributed by atoms with Crippen LogP contribution in [0.4, 0.5) is 0 Å². The molecule has 0 unspecified atom stereocenters. The first-order valence-electron chi connectivity index (χ1n) is 5.33. The molecule has 1 rings (SSSR count). The van der Waals surface area contributed by atoms with Gasteiger partial charge in [-0.15, -0.1) is 0 Å². The summed E-state index contributed by atoms with van der Waals surface area (Å²) in [5.74, 6) is 4.63. The highest BCUT2D eigenvalue weighted by molar-refractivity contribution is 6.50. The van der Waals surface area contributed by atoms with E-state index in [-0.39, 0.29) is 0 Å². The third-order valence-electron chi connectivity index (χ3n) is 3.36. The SMILES string of the molecule is CC[N+](CC)(CC)[b-]1ccccc1. The van der Waals surface area contributed by atoms with Crippen LogP contribution in [-0.2, 0) is 0 Å². The lowest BCUT2D eigenvalue weighted by atomic mass is 9.73. The summed E-state index contributed by atoms with van der Waals surface area (Å²) in [7, 11) is 0. The zero-order valence-corrected chi connectivity index (χ0v) is 9.03. The molecule has 72 valence electrons. The molecule has 13 heavy (non-hydrogen) atoms. The van der Waals surface area contributed by atoms with Crippen LogP contribution in [0.3, 0.4) is 0 Å². The van der Waals surface area contributed by atoms with Crippen LogP contribution in [0.2, 0.25) is 0 Å². The van der Waals surface area contributed by atoms with Crippen LogP contribution in [0.1, 0.15) is 20.8 Å². The van der Waals surface area contributed by atoms with Gasteiger partial charge >= 0.3 is 0 Å². The summed E-state index contributed by atoms with van der Waals surface area (Å²) in [5.41, 5.74) is 0. The lowest BCUT2D eigenvalue weighted by Gasteiger charge is -2.47. The molecule has 0 spiro atoms. The van der Waals surface area contributed by atoms with Crippen molar-refractivity contribution in [1.82, 2.24) is 4.39 Å². The molecule has 0 radical (unpaired) electrons. The maximum absolute atomic E-state index is 2.32. The molecule has 0 atom stereocenters. The Balaban J connectivity index is 3.01. The molecule has 0 aliphatic rings. The summed E-state index contributed by atoms with van der Waals surface area (Å²) >= 11 is 0. The second-order valence-corrected chi connectivity index (χ2v) is 3.62. The fourth-order valence-electron chi connectivity index (χ4n) is 2.15. The van der Waals surface area contributed by atoms with E-state index in [4.69, 9.17) is 0 Å². The maximum Gasteiger partial charge on any atom is 0.141 e. The zero-order chi connectivity index (χ0) is 9.73. The highest BCUT2D eigenvalue weighted by Gasteiger charge is 2.12. The number of nitrogens with zero attached hydrogens (tertiary/aromatic N) is 1. The van der Waals surface area contributed by atoms with Crippen molar-refractivity contribution in [3.05, 3.63) is 30.1 Å². The first kappa shape index (κ1) is 10.5. The molecular formula is C11H20BN. The van der Waals surface area contributed by atoms with Crippen LogP contribution in [0, 0.1) is 0 Å². The normalized spacial score (nSPS) is 11.6. The van der Waals surface area contributed by atoms with E-state index in [1.807, 2.05) is 0 Å². The minimum atomic E-state index is 0.588. The summed E-state index contributed by atoms with van der Waals surface area (Å²) in [4.78, 5) is 0. The monoisotopic (exact) mass is 177 g/mol. The molecule has 0 saturated carbocycles. The van der Waals surface area contributed by atoms with Crippen molar-refractivity contribution in [3.8, 4) is 0 Å². The molecule has 0 saturated heterocycles. The van der Waals surface area contributed by atoms with Gasteiger partial charge in [0.05, 0.1) is 0 Å². The molecule has 0 N–H and O–H groups in total. The number of rotatable bonds is 4. The molecule has 1 heterocycles. The van der Waals surface area contributed by atoms with Gasteiger partial charge in [-0.3, -0.25) is 0 Å². The minimum absolute atomic E-state index is 0.588. The Kier molecular flexibility index (Phi) is 3.67. The third kappa shape index (κ3) is 2.00. The minimum Gasteiger partial charge on any atom is -0.521 e. The molecule has 1 aromatic rings. The Morgan fingerprint density at radius 3 is 1.69 bits per heavy atom. The second-order valence-electron chi connectivity index (χ2n) is 3.62. The molecule has 0 amide bonds. The molecule has 0 fully saturated rings. The Morgan fingerprint density at radius 1 is 0.846 bits per heavy atom. The zero-order valence-electron chi connectivity index (χ0n) is 9.03. The molecule has 0 aliphatic heterocycles. The van der Waals surface area contributed by atoms with E-state index in [0.717, 1.165) is 0 Å². The van der Waals surface area contributed by atoms with Crippen molar-refractivity contribution in [2.24, 2.45) is 0 Å². The highest BCUT2D eigenvalue weighted by Crippen LogP contribution is 2.03. The van der Waals surface area contributed by atoms with E-state index in [2.05, 4.69) is 50.9 Å². The van der Waals surface area contributed by atoms with Gasteiger partial charge in [-0.25, -0.2) is 0 Å². The van der Waals surface area contributed by atoms with Crippen molar-refractivity contribution in [2.45, 2.75) is 20.8 Å². The first-order valence-corrected chi connectivity index (χ1v) is 5.33. The predicted octanol–water partition coefficient (Wildman–Crippen LogP) is 2.21. The molecular weight excluding hydrogens is 157 g/mol. The largest absolute Gasteiger partial charge is 0.521 e. The average molecular weight is 177 g/mol. The second kappa shape index (κ2) is 4.57. The Bertz CT molecular complexity index is 233. The van der Waals surface area contributed by atoms with E-state index < -0.39 is 0 Å². The Labute approximate surface area is 82.0 Å². The lowest BCUT2D eigenvalue weighted by molar-refractivity contribution is 0.367. The fraction of sp³-hybridized carbons (Fsp3) is 0.545. The molecule has 0 aromatic carbocycles. The van der Waals surface area contributed by atoms with Crippen molar-refractivity contribution in [1.29, 1.82) is 0 Å². The van der Waals surface area contributed by atoms with Crippen LogP contribution in [0.25, 0.3) is 0 Å². The molecule has 1 aromatic heterocycles. The molecule has 0 aliphatic carbocycles. The molecule has 1 nitrogen and oxygen atoms in total. The number of quaternary nitrogens is 1. The average Bonchev–Trinajstić information content (AvgIpc) is 2.23. The predicted molar refractivity (Wildman–Crippen MR) is 61.5 cm³/mol. The highest BCUT2D eigenvalue weighted by atomic mass is 15.3. The third-order valence-corrected chi connectivity index (χ3v) is 3.36. The lowest BCUT2D eigenvalue weighted by Crippen LogP contribution is -2.58. The van der Waals surface area contributed by atoms with Gasteiger partial charge in [-0.1, -0.05) is 18.2 Å². The van der Waals surface area contributed by atoms with Gasteiger partial charge < -0.3 is 4.39 Å². The number of hydrogen-bond acceptors (Lipinski definition) is 0. The maximum atomic E-state index is 2.32. The Morgan fingerprint density at radius 2 is 1.31 bits per heavy atom. The van der Waals surface area contributed by atoms with Gasteiger partial charge in [0.25, 0.3) is 0 Å². The van der Waals surface area contributed by atoms with Crippen molar-refractivity contribution in [2.75, 3.05) is 19.6 Å². The Hall–Kier alpha value is -0.625. The van der Waals surface area contributed by atoms with Crippen LogP contribution in [-0.4, -0.2) is 26.1 Å². The standard InChI is InChI=1S/C11H20BN/c1-4-13(5-2,6-3)12-10-8-7-9-11-12/h7-11H,4-6H2,1-3H3. The van der Waals surface area contributed by atoms with Crippen LogP contribution in [0.15, 0.2) is 30.1 Å². The summed E-state index contributed by atoms with van der Waals surface area (Å²) in [6.45, 7) is 11.1. The molecule has 0 bridgehead atoms. The summed E-state index contributed by atoms with van der Waals surface area (Å²) in [6, 6.07) is 6.43. The van der Waals surface area contributed by atoms with Gasteiger partial charge in [-0.05, 0) is 20.8 Å². The van der Waals surface area contributed by atoms with Gasteiger partial charge in [0, 0.05) is 19.6 Å². The van der Waals surface area contributed by atoms with E-state index in [9.17, 15) is 0 Å². The first-order chi connectivity index (χ1) is 6.29. The van der Waals surface area contributed by atoms with E-state index in [0.29, 0.717) is 6.48 Å². The van der Waals surface area contributed by atoms with Gasteiger partial charge in [-0.2, -0.15) is 11.9 Å². The number of hydrogen-bond donors (Lipinski definition) is 0. The van der Waals surface area contributed by atoms with E-state index in [1.165, 1.54) is 24.0 Å². The van der Waals surface area contributed by atoms with Crippen LogP contribution in [0.5, 0.6) is 0 Å². The summed E-state index contributed by atoms with van der Waals surface area (Å²) in [6.07, 6.45) is 0. The topological polar surface area (TPSA) is 0 Å². The van der Waals surface area contributed by atoms with Gasteiger partial charge in [0.15, 0.2) is 0 Å². The van der Waals surface area contributed by atoms with Crippen molar-refractivity contribution < 1.29 is 0 Å². The van der Waals surface area contributed by atoms with Crippen molar-refractivity contribution in [3.63, 3.8) is 0 Å². The van der Waals surface area contributed by atoms with Gasteiger partial charge in [0.2, 0.25) is 0 Å². The van der Waals surface area contributed by atoms with Crippen molar-refractivity contribution >= 4 is 6.48 Å².